The van der Waals surface area contributed by atoms with E-state index >= 15 is 0 Å². The predicted octanol–water partition coefficient (Wildman–Crippen LogP) is 1.60. The normalized spacial score (nSPS) is 12.1. The van der Waals surface area contributed by atoms with E-state index < -0.39 is 6.10 Å². The van der Waals surface area contributed by atoms with Crippen LogP contribution in [0.5, 0.6) is 5.75 Å². The Kier molecular flexibility index (Phi) is 5.16. The highest BCUT2D eigenvalue weighted by molar-refractivity contribution is 5.80. The van der Waals surface area contributed by atoms with Gasteiger partial charge in [-0.15, -0.1) is 0 Å². The molecule has 1 unspecified atom stereocenters. The topological polar surface area (TPSA) is 49.8 Å². The fourth-order valence-corrected chi connectivity index (χ4v) is 1.83. The maximum Gasteiger partial charge on any atom is 0.251 e. The molecule has 0 radical (unpaired) electrons. The van der Waals surface area contributed by atoms with Crippen molar-refractivity contribution in [3.05, 3.63) is 29.3 Å². The summed E-state index contributed by atoms with van der Waals surface area (Å²) in [4.78, 5) is 13.1. The van der Waals surface area contributed by atoms with Crippen LogP contribution in [0.3, 0.4) is 0 Å². The van der Waals surface area contributed by atoms with Crippen molar-refractivity contribution in [1.82, 2.24) is 4.90 Å². The van der Waals surface area contributed by atoms with Crippen molar-refractivity contribution in [1.29, 1.82) is 0 Å². The summed E-state index contributed by atoms with van der Waals surface area (Å²) in [7, 11) is 3.29. The Hall–Kier alpha value is -1.55. The molecule has 1 aromatic rings. The molecule has 0 aliphatic heterocycles. The second-order valence-corrected chi connectivity index (χ2v) is 4.37. The molecule has 1 aromatic carbocycles. The third-order valence-electron chi connectivity index (χ3n) is 2.89. The smallest absolute Gasteiger partial charge is 0.251 e. The average Bonchev–Trinajstić information content (AvgIpc) is 2.37. The summed E-state index contributed by atoms with van der Waals surface area (Å²) >= 11 is 0. The molecule has 0 saturated heterocycles. The zero-order chi connectivity index (χ0) is 13.7. The Morgan fingerprint density at radius 3 is 2.67 bits per heavy atom. The molecule has 0 aromatic heterocycles. The van der Waals surface area contributed by atoms with E-state index in [-0.39, 0.29) is 5.91 Å². The first-order chi connectivity index (χ1) is 8.49. The number of hydrogen-bond donors (Lipinski definition) is 1. The van der Waals surface area contributed by atoms with E-state index in [9.17, 15) is 9.90 Å². The van der Waals surface area contributed by atoms with Crippen LogP contribution in [0.4, 0.5) is 0 Å². The first-order valence-corrected chi connectivity index (χ1v) is 6.08. The quantitative estimate of drug-likeness (QED) is 0.864. The molecular weight excluding hydrogens is 230 g/mol. The lowest BCUT2D eigenvalue weighted by atomic mass is 10.1. The van der Waals surface area contributed by atoms with Gasteiger partial charge in [-0.1, -0.05) is 19.1 Å². The SMILES string of the molecule is CCc1ccc(OC)c(CN(C)C(=O)C(C)O)c1. The minimum absolute atomic E-state index is 0.293. The van der Waals surface area contributed by atoms with Gasteiger partial charge in [-0.2, -0.15) is 0 Å². The van der Waals surface area contributed by atoms with Gasteiger partial charge in [0.1, 0.15) is 11.9 Å². The summed E-state index contributed by atoms with van der Waals surface area (Å²) in [6.45, 7) is 3.98. The zero-order valence-corrected chi connectivity index (χ0v) is 11.4. The van der Waals surface area contributed by atoms with Crippen molar-refractivity contribution >= 4 is 5.91 Å². The van der Waals surface area contributed by atoms with Crippen molar-refractivity contribution in [2.75, 3.05) is 14.2 Å². The van der Waals surface area contributed by atoms with Crippen LogP contribution in [0.25, 0.3) is 0 Å². The molecule has 0 aliphatic carbocycles. The number of rotatable bonds is 5. The minimum atomic E-state index is -0.977. The predicted molar refractivity (Wildman–Crippen MR) is 70.5 cm³/mol. The van der Waals surface area contributed by atoms with Crippen molar-refractivity contribution < 1.29 is 14.6 Å². The van der Waals surface area contributed by atoms with Gasteiger partial charge in [0.15, 0.2) is 0 Å². The number of methoxy groups -OCH3 is 1. The molecule has 0 saturated carbocycles. The third kappa shape index (κ3) is 3.47. The molecule has 1 atom stereocenters. The molecule has 18 heavy (non-hydrogen) atoms. The van der Waals surface area contributed by atoms with E-state index in [2.05, 4.69) is 6.92 Å². The van der Waals surface area contributed by atoms with E-state index in [1.807, 2.05) is 18.2 Å². The van der Waals surface area contributed by atoms with E-state index in [4.69, 9.17) is 4.74 Å². The Morgan fingerprint density at radius 1 is 1.50 bits per heavy atom. The Bertz CT molecular complexity index is 416. The van der Waals surface area contributed by atoms with Crippen molar-refractivity contribution in [3.63, 3.8) is 0 Å². The molecule has 1 N–H and O–H groups in total. The monoisotopic (exact) mass is 251 g/mol. The standard InChI is InChI=1S/C14H21NO3/c1-5-11-6-7-13(18-4)12(8-11)9-15(3)14(17)10(2)16/h6-8,10,16H,5,9H2,1-4H3. The second-order valence-electron chi connectivity index (χ2n) is 4.37. The maximum atomic E-state index is 11.6. The number of aryl methyl sites for hydroxylation is 1. The molecule has 100 valence electrons. The summed E-state index contributed by atoms with van der Waals surface area (Å²) in [5.41, 5.74) is 2.15. The molecule has 4 heteroatoms. The molecular formula is C14H21NO3. The number of nitrogens with zero attached hydrogens (tertiary/aromatic N) is 1. The van der Waals surface area contributed by atoms with Crippen LogP contribution < -0.4 is 4.74 Å². The minimum Gasteiger partial charge on any atom is -0.496 e. The Labute approximate surface area is 108 Å². The zero-order valence-electron chi connectivity index (χ0n) is 11.4. The lowest BCUT2D eigenvalue weighted by Gasteiger charge is -2.20. The van der Waals surface area contributed by atoms with Gasteiger partial charge in [-0.25, -0.2) is 0 Å². The summed E-state index contributed by atoms with van der Waals surface area (Å²) in [6, 6.07) is 5.96. The van der Waals surface area contributed by atoms with Crippen LogP contribution in [0.1, 0.15) is 25.0 Å². The summed E-state index contributed by atoms with van der Waals surface area (Å²) in [5.74, 6) is 0.469. The highest BCUT2D eigenvalue weighted by Gasteiger charge is 2.16. The van der Waals surface area contributed by atoms with Crippen LogP contribution in [0.2, 0.25) is 0 Å². The first-order valence-electron chi connectivity index (χ1n) is 6.08. The molecule has 0 spiro atoms. The summed E-state index contributed by atoms with van der Waals surface area (Å²) < 4.78 is 5.29. The number of aliphatic hydroxyl groups is 1. The second kappa shape index (κ2) is 6.40. The van der Waals surface area contributed by atoms with E-state index in [0.717, 1.165) is 17.7 Å². The van der Waals surface area contributed by atoms with Crippen LogP contribution in [0.15, 0.2) is 18.2 Å². The molecule has 1 rings (SSSR count). The van der Waals surface area contributed by atoms with Crippen molar-refractivity contribution in [2.45, 2.75) is 32.9 Å². The molecule has 0 fully saturated rings. The fourth-order valence-electron chi connectivity index (χ4n) is 1.83. The van der Waals surface area contributed by atoms with Crippen molar-refractivity contribution in [2.24, 2.45) is 0 Å². The number of amides is 1. The number of benzene rings is 1. The van der Waals surface area contributed by atoms with Crippen LogP contribution in [-0.4, -0.2) is 36.2 Å². The number of likely N-dealkylation sites (N-methyl/N-ethyl adjacent to an activating group) is 1. The van der Waals surface area contributed by atoms with Crippen LogP contribution >= 0.6 is 0 Å². The number of ether oxygens (including phenoxy) is 1. The van der Waals surface area contributed by atoms with Crippen LogP contribution in [-0.2, 0) is 17.8 Å². The number of aliphatic hydroxyl groups excluding tert-OH is 1. The highest BCUT2D eigenvalue weighted by Crippen LogP contribution is 2.21. The molecule has 4 nitrogen and oxygen atoms in total. The maximum absolute atomic E-state index is 11.6. The summed E-state index contributed by atoms with van der Waals surface area (Å²) in [6.07, 6.45) is -0.0410. The van der Waals surface area contributed by atoms with Gasteiger partial charge < -0.3 is 14.7 Å². The van der Waals surface area contributed by atoms with Gasteiger partial charge in [0.2, 0.25) is 0 Å². The average molecular weight is 251 g/mol. The first kappa shape index (κ1) is 14.5. The number of hydrogen-bond acceptors (Lipinski definition) is 3. The lowest BCUT2D eigenvalue weighted by Crippen LogP contribution is -2.34. The number of carbonyl (C=O) groups excluding carboxylic acids is 1. The third-order valence-corrected chi connectivity index (χ3v) is 2.89. The van der Waals surface area contributed by atoms with Gasteiger partial charge in [0, 0.05) is 19.2 Å². The Balaban J connectivity index is 2.91. The molecule has 0 heterocycles. The molecule has 1 amide bonds. The fraction of sp³-hybridized carbons (Fsp3) is 0.500. The van der Waals surface area contributed by atoms with Gasteiger partial charge in [0.25, 0.3) is 5.91 Å². The van der Waals surface area contributed by atoms with E-state index in [1.54, 1.807) is 14.2 Å². The largest absolute Gasteiger partial charge is 0.496 e. The molecule has 0 bridgehead atoms. The highest BCUT2D eigenvalue weighted by atomic mass is 16.5. The summed E-state index contributed by atoms with van der Waals surface area (Å²) in [5, 5.41) is 9.27. The van der Waals surface area contributed by atoms with Gasteiger partial charge in [-0.3, -0.25) is 4.79 Å². The van der Waals surface area contributed by atoms with E-state index in [0.29, 0.717) is 6.54 Å². The molecule has 0 aliphatic rings. The Morgan fingerprint density at radius 2 is 2.17 bits per heavy atom. The number of carbonyl (C=O) groups is 1. The van der Waals surface area contributed by atoms with E-state index in [1.165, 1.54) is 17.4 Å². The lowest BCUT2D eigenvalue weighted by molar-refractivity contribution is -0.138. The van der Waals surface area contributed by atoms with Gasteiger partial charge in [-0.05, 0) is 25.0 Å². The van der Waals surface area contributed by atoms with Gasteiger partial charge in [0.05, 0.1) is 7.11 Å². The van der Waals surface area contributed by atoms with Crippen molar-refractivity contribution in [3.8, 4) is 5.75 Å². The van der Waals surface area contributed by atoms with Gasteiger partial charge >= 0.3 is 0 Å². The van der Waals surface area contributed by atoms with Crippen LogP contribution in [0, 0.1) is 0 Å².